The smallest absolute Gasteiger partial charge is 0.462 e. The van der Waals surface area contributed by atoms with Crippen molar-refractivity contribution in [3.63, 3.8) is 0 Å². The van der Waals surface area contributed by atoms with Crippen molar-refractivity contribution in [3.8, 4) is 0 Å². The lowest BCUT2D eigenvalue weighted by molar-refractivity contribution is -0.870. The number of ether oxygens (including phenoxy) is 2. The van der Waals surface area contributed by atoms with E-state index in [0.29, 0.717) is 17.4 Å². The Balaban J connectivity index is 4.69. The van der Waals surface area contributed by atoms with Crippen LogP contribution >= 0.6 is 7.82 Å². The minimum Gasteiger partial charge on any atom is -0.462 e. The van der Waals surface area contributed by atoms with Gasteiger partial charge in [-0.25, -0.2) is 4.57 Å². The summed E-state index contributed by atoms with van der Waals surface area (Å²) in [5.41, 5.74) is 0. The molecule has 0 radical (unpaired) electrons. The quantitative estimate of drug-likeness (QED) is 0.0185. The Morgan fingerprint density at radius 1 is 0.648 bits per heavy atom. The molecule has 11 nitrogen and oxygen atoms in total. The number of phosphoric ester groups is 1. The van der Waals surface area contributed by atoms with E-state index in [1.165, 1.54) is 32.1 Å². The fourth-order valence-electron chi connectivity index (χ4n) is 5.10. The highest BCUT2D eigenvalue weighted by Gasteiger charge is 2.27. The number of aliphatic hydroxyl groups excluding tert-OH is 2. The topological polar surface area (TPSA) is 149 Å². The number of esters is 2. The van der Waals surface area contributed by atoms with Gasteiger partial charge in [-0.15, -0.1) is 0 Å². The number of aliphatic hydroxyl groups is 2. The van der Waals surface area contributed by atoms with Gasteiger partial charge in [0.05, 0.1) is 40.0 Å². The van der Waals surface area contributed by atoms with E-state index >= 15 is 0 Å². The van der Waals surface area contributed by atoms with Crippen LogP contribution in [0.4, 0.5) is 0 Å². The van der Waals surface area contributed by atoms with Crippen molar-refractivity contribution in [2.24, 2.45) is 0 Å². The first-order valence-corrected chi connectivity index (χ1v) is 22.0. The summed E-state index contributed by atoms with van der Waals surface area (Å²) in [7, 11) is 1.29. The van der Waals surface area contributed by atoms with E-state index in [9.17, 15) is 29.3 Å². The lowest BCUT2D eigenvalue weighted by Gasteiger charge is -2.24. The highest BCUT2D eigenvalue weighted by Crippen LogP contribution is 2.43. The van der Waals surface area contributed by atoms with Gasteiger partial charge < -0.3 is 29.1 Å². The van der Waals surface area contributed by atoms with Crippen molar-refractivity contribution in [1.82, 2.24) is 0 Å². The van der Waals surface area contributed by atoms with Gasteiger partial charge in [0.2, 0.25) is 0 Å². The number of hydrogen-bond acceptors (Lipinski definition) is 9. The van der Waals surface area contributed by atoms with E-state index < -0.39 is 44.7 Å². The number of rotatable bonds is 36. The van der Waals surface area contributed by atoms with E-state index in [1.54, 1.807) is 0 Å². The first-order chi connectivity index (χ1) is 25.8. The molecule has 0 rings (SSSR count). The second-order valence-electron chi connectivity index (χ2n) is 15.0. The molecule has 3 N–H and O–H groups in total. The molecule has 54 heavy (non-hydrogen) atoms. The molecule has 3 unspecified atom stereocenters. The Morgan fingerprint density at radius 2 is 1.20 bits per heavy atom. The second-order valence-corrected chi connectivity index (χ2v) is 16.4. The van der Waals surface area contributed by atoms with Gasteiger partial charge in [0.1, 0.15) is 19.8 Å². The number of allylic oxidation sites excluding steroid dienone is 7. The van der Waals surface area contributed by atoms with Crippen LogP contribution in [-0.4, -0.2) is 97.3 Å². The Bertz CT molecular complexity index is 1100. The molecule has 0 aliphatic carbocycles. The lowest BCUT2D eigenvalue weighted by Crippen LogP contribution is -2.37. The number of quaternary nitrogens is 1. The number of likely N-dealkylation sites (N-methyl/N-ethyl adjacent to an activating group) is 1. The zero-order chi connectivity index (χ0) is 40.3. The number of carbonyl (C=O) groups excluding carboxylic acids is 2. The lowest BCUT2D eigenvalue weighted by atomic mass is 10.0. The van der Waals surface area contributed by atoms with Gasteiger partial charge in [-0.1, -0.05) is 107 Å². The van der Waals surface area contributed by atoms with Gasteiger partial charge in [0.15, 0.2) is 6.10 Å². The van der Waals surface area contributed by atoms with E-state index in [1.807, 2.05) is 33.3 Å². The van der Waals surface area contributed by atoms with Gasteiger partial charge in [-0.05, 0) is 70.6 Å². The predicted octanol–water partition coefficient (Wildman–Crippen LogP) is 9.07. The molecular weight excluding hydrogens is 709 g/mol. The van der Waals surface area contributed by atoms with Gasteiger partial charge >= 0.3 is 19.8 Å². The maximum Gasteiger partial charge on any atom is 0.472 e. The van der Waals surface area contributed by atoms with E-state index in [-0.39, 0.29) is 45.3 Å². The summed E-state index contributed by atoms with van der Waals surface area (Å²) >= 11 is 0. The molecule has 314 valence electrons. The normalized spacial score (nSPS) is 15.3. The zero-order valence-electron chi connectivity index (χ0n) is 34.4. The van der Waals surface area contributed by atoms with Crippen LogP contribution in [0.3, 0.4) is 0 Å². The zero-order valence-corrected chi connectivity index (χ0v) is 35.3. The Kier molecular flexibility index (Phi) is 32.8. The predicted molar refractivity (Wildman–Crippen MR) is 218 cm³/mol. The fraction of sp³-hybridized carbons (Fsp3) is 0.762. The summed E-state index contributed by atoms with van der Waals surface area (Å²) in [6, 6.07) is 0. The molecule has 12 heteroatoms. The van der Waals surface area contributed by atoms with Crippen LogP contribution in [0.15, 0.2) is 48.6 Å². The first kappa shape index (κ1) is 51.9. The molecule has 0 saturated heterocycles. The molecule has 0 aromatic carbocycles. The summed E-state index contributed by atoms with van der Waals surface area (Å²) < 4.78 is 33.9. The molecular formula is C42H77NO10P+. The third-order valence-corrected chi connectivity index (χ3v) is 9.52. The molecule has 0 amide bonds. The van der Waals surface area contributed by atoms with Crippen LogP contribution in [0.5, 0.6) is 0 Å². The van der Waals surface area contributed by atoms with Crippen LogP contribution in [0, 0.1) is 0 Å². The van der Waals surface area contributed by atoms with Crippen LogP contribution in [0.1, 0.15) is 142 Å². The van der Waals surface area contributed by atoms with Crippen LogP contribution < -0.4 is 0 Å². The molecule has 0 aromatic heterocycles. The monoisotopic (exact) mass is 787 g/mol. The van der Waals surface area contributed by atoms with Crippen molar-refractivity contribution >= 4 is 19.8 Å². The minimum absolute atomic E-state index is 0.0233. The average Bonchev–Trinajstić information content (AvgIpc) is 3.11. The van der Waals surface area contributed by atoms with Crippen LogP contribution in [-0.2, 0) is 32.7 Å². The highest BCUT2D eigenvalue weighted by atomic mass is 31.2. The summed E-state index contributed by atoms with van der Waals surface area (Å²) in [5, 5.41) is 20.7. The van der Waals surface area contributed by atoms with Crippen LogP contribution in [0.25, 0.3) is 0 Å². The standard InChI is InChI=1S/C42H76NO10P/c1-6-8-10-12-14-16-18-20-21-23-25-27-30-39(44)40(45)31-29-33-42(47)53-38(37-52-54(48,49)51-35-34-43(3,4)5)36-50-41(46)32-28-26-24-22-19-17-15-13-11-9-7-2/h13-16,20-21,25,27,38-40,44-45H,6-12,17-19,22-24,26,28-37H2,1-5H3/p+1/b15-13-,16-14-,21-20-,27-25-/t38-,39?,40?/m1/s1. The minimum atomic E-state index is -4.45. The summed E-state index contributed by atoms with van der Waals surface area (Å²) in [6.07, 6.45) is 30.5. The second kappa shape index (κ2) is 34.2. The van der Waals surface area contributed by atoms with Crippen molar-refractivity contribution < 1.29 is 52.3 Å². The molecule has 0 spiro atoms. The molecule has 0 fully saturated rings. The maximum atomic E-state index is 12.7. The average molecular weight is 787 g/mol. The number of carbonyl (C=O) groups is 2. The maximum absolute atomic E-state index is 12.7. The largest absolute Gasteiger partial charge is 0.472 e. The molecule has 0 aliphatic heterocycles. The van der Waals surface area contributed by atoms with Crippen molar-refractivity contribution in [1.29, 1.82) is 0 Å². The molecule has 0 heterocycles. The Morgan fingerprint density at radius 3 is 1.87 bits per heavy atom. The third-order valence-electron chi connectivity index (χ3n) is 8.53. The number of nitrogens with zero attached hydrogens (tertiary/aromatic N) is 1. The van der Waals surface area contributed by atoms with Crippen LogP contribution in [0.2, 0.25) is 0 Å². The third kappa shape index (κ3) is 35.6. The number of phosphoric acid groups is 1. The van der Waals surface area contributed by atoms with Gasteiger partial charge in [0.25, 0.3) is 0 Å². The fourth-order valence-corrected chi connectivity index (χ4v) is 5.84. The van der Waals surface area contributed by atoms with E-state index in [4.69, 9.17) is 18.5 Å². The first-order valence-electron chi connectivity index (χ1n) is 20.5. The molecule has 0 aliphatic rings. The summed E-state index contributed by atoms with van der Waals surface area (Å²) in [5.74, 6) is -1.10. The van der Waals surface area contributed by atoms with Gasteiger partial charge in [0, 0.05) is 12.8 Å². The molecule has 0 saturated carbocycles. The molecule has 0 aromatic rings. The van der Waals surface area contributed by atoms with Crippen molar-refractivity contribution in [2.75, 3.05) is 47.5 Å². The number of unbranched alkanes of at least 4 members (excludes halogenated alkanes) is 10. The SMILES string of the molecule is CCCC/C=C\CCCCCCCC(=O)OC[C@H](COP(=O)(O)OCC[N+](C)(C)C)OC(=O)CCCC(O)C(O)C/C=C\C/C=C\C/C=C\CCCCC. The highest BCUT2D eigenvalue weighted by molar-refractivity contribution is 7.47. The summed E-state index contributed by atoms with van der Waals surface area (Å²) in [6.45, 7) is 3.97. The van der Waals surface area contributed by atoms with Crippen molar-refractivity contribution in [2.45, 2.75) is 161 Å². The molecule has 4 atom stereocenters. The van der Waals surface area contributed by atoms with E-state index in [2.05, 4.69) is 50.3 Å². The summed E-state index contributed by atoms with van der Waals surface area (Å²) in [4.78, 5) is 35.3. The van der Waals surface area contributed by atoms with E-state index in [0.717, 1.165) is 57.8 Å². The van der Waals surface area contributed by atoms with Gasteiger partial charge in [-0.2, -0.15) is 0 Å². The number of hydrogen-bond donors (Lipinski definition) is 3. The van der Waals surface area contributed by atoms with Crippen molar-refractivity contribution in [3.05, 3.63) is 48.6 Å². The Labute approximate surface area is 328 Å². The van der Waals surface area contributed by atoms with Gasteiger partial charge in [-0.3, -0.25) is 18.6 Å². The molecule has 0 bridgehead atoms. The Hall–Kier alpha value is -2.11.